The van der Waals surface area contributed by atoms with Gasteiger partial charge >= 0.3 is 0 Å². The van der Waals surface area contributed by atoms with E-state index in [-0.39, 0.29) is 0 Å². The van der Waals surface area contributed by atoms with E-state index in [4.69, 9.17) is 4.74 Å². The van der Waals surface area contributed by atoms with Crippen LogP contribution in [-0.2, 0) is 4.74 Å². The fraction of sp³-hybridized carbons (Fsp3) is 0.556. The second-order valence-electron chi connectivity index (χ2n) is 6.37. The third kappa shape index (κ3) is 7.46. The van der Waals surface area contributed by atoms with Crippen LogP contribution < -0.4 is 5.32 Å². The van der Waals surface area contributed by atoms with E-state index in [9.17, 15) is 0 Å². The monoisotopic (exact) mass is 275 g/mol. The van der Waals surface area contributed by atoms with Gasteiger partial charge in [-0.2, -0.15) is 0 Å². The Morgan fingerprint density at radius 1 is 1.20 bits per heavy atom. The van der Waals surface area contributed by atoms with Crippen LogP contribution in [0.15, 0.2) is 43.0 Å². The SMILES string of the molecule is C=CCCOCCNC(CC(C)(C)C)c1ccccc1. The van der Waals surface area contributed by atoms with Gasteiger partial charge in [0.15, 0.2) is 0 Å². The van der Waals surface area contributed by atoms with E-state index in [1.165, 1.54) is 5.56 Å². The minimum absolute atomic E-state index is 0.303. The van der Waals surface area contributed by atoms with Crippen molar-refractivity contribution in [3.63, 3.8) is 0 Å². The molecule has 20 heavy (non-hydrogen) atoms. The lowest BCUT2D eigenvalue weighted by molar-refractivity contribution is 0.136. The molecule has 0 bridgehead atoms. The minimum Gasteiger partial charge on any atom is -0.380 e. The van der Waals surface area contributed by atoms with Gasteiger partial charge in [-0.1, -0.05) is 57.2 Å². The number of hydrogen-bond donors (Lipinski definition) is 1. The van der Waals surface area contributed by atoms with Crippen LogP contribution in [0, 0.1) is 5.41 Å². The second kappa shape index (κ2) is 8.93. The molecule has 0 aliphatic carbocycles. The van der Waals surface area contributed by atoms with E-state index in [0.717, 1.165) is 32.6 Å². The van der Waals surface area contributed by atoms with Crippen LogP contribution in [0.1, 0.15) is 45.2 Å². The molecule has 0 aromatic heterocycles. The van der Waals surface area contributed by atoms with Crippen molar-refractivity contribution in [1.82, 2.24) is 5.32 Å². The average molecular weight is 275 g/mol. The number of hydrogen-bond acceptors (Lipinski definition) is 2. The highest BCUT2D eigenvalue weighted by Crippen LogP contribution is 2.29. The summed E-state index contributed by atoms with van der Waals surface area (Å²) >= 11 is 0. The van der Waals surface area contributed by atoms with Crippen molar-refractivity contribution < 1.29 is 4.74 Å². The summed E-state index contributed by atoms with van der Waals surface area (Å²) < 4.78 is 5.56. The summed E-state index contributed by atoms with van der Waals surface area (Å²) in [6.45, 7) is 12.9. The molecule has 0 saturated carbocycles. The Labute approximate surface area is 124 Å². The summed E-state index contributed by atoms with van der Waals surface area (Å²) in [4.78, 5) is 0. The van der Waals surface area contributed by atoms with Gasteiger partial charge in [-0.3, -0.25) is 0 Å². The summed E-state index contributed by atoms with van der Waals surface area (Å²) in [5.74, 6) is 0. The smallest absolute Gasteiger partial charge is 0.0591 e. The van der Waals surface area contributed by atoms with Crippen molar-refractivity contribution >= 4 is 0 Å². The molecule has 1 aromatic carbocycles. The molecule has 0 fully saturated rings. The van der Waals surface area contributed by atoms with E-state index in [1.54, 1.807) is 0 Å². The molecule has 0 spiro atoms. The Bertz CT molecular complexity index is 367. The van der Waals surface area contributed by atoms with Gasteiger partial charge in [-0.05, 0) is 23.8 Å². The molecule has 1 N–H and O–H groups in total. The lowest BCUT2D eigenvalue weighted by Gasteiger charge is -2.27. The topological polar surface area (TPSA) is 21.3 Å². The standard InChI is InChI=1S/C18H29NO/c1-5-6-13-20-14-12-19-17(15-18(2,3)4)16-10-8-7-9-11-16/h5,7-11,17,19H,1,6,12-15H2,2-4H3. The lowest BCUT2D eigenvalue weighted by atomic mass is 9.85. The first-order valence-electron chi connectivity index (χ1n) is 7.50. The van der Waals surface area contributed by atoms with Crippen LogP contribution in [-0.4, -0.2) is 19.8 Å². The molecule has 1 aromatic rings. The first-order chi connectivity index (χ1) is 9.53. The zero-order valence-electron chi connectivity index (χ0n) is 13.2. The fourth-order valence-electron chi connectivity index (χ4n) is 2.18. The van der Waals surface area contributed by atoms with Crippen LogP contribution in [0.4, 0.5) is 0 Å². The van der Waals surface area contributed by atoms with Gasteiger partial charge < -0.3 is 10.1 Å². The number of rotatable bonds is 9. The van der Waals surface area contributed by atoms with Crippen LogP contribution in [0.5, 0.6) is 0 Å². The normalized spacial score (nSPS) is 13.2. The van der Waals surface area contributed by atoms with Crippen LogP contribution in [0.3, 0.4) is 0 Å². The number of nitrogens with one attached hydrogen (secondary N) is 1. The van der Waals surface area contributed by atoms with Crippen molar-refractivity contribution in [3.05, 3.63) is 48.6 Å². The molecule has 0 aliphatic rings. The van der Waals surface area contributed by atoms with E-state index < -0.39 is 0 Å². The summed E-state index contributed by atoms with van der Waals surface area (Å²) in [6.07, 6.45) is 3.92. The first kappa shape index (κ1) is 16.9. The molecule has 1 unspecified atom stereocenters. The molecule has 0 heterocycles. The van der Waals surface area contributed by atoms with Gasteiger partial charge in [0.05, 0.1) is 13.2 Å². The Hall–Kier alpha value is -1.12. The third-order valence-electron chi connectivity index (χ3n) is 3.12. The first-order valence-corrected chi connectivity index (χ1v) is 7.50. The quantitative estimate of drug-likeness (QED) is 0.534. The molecule has 0 saturated heterocycles. The predicted molar refractivity (Wildman–Crippen MR) is 86.9 cm³/mol. The summed E-state index contributed by atoms with van der Waals surface area (Å²) in [7, 11) is 0. The van der Waals surface area contributed by atoms with E-state index in [1.807, 2.05) is 6.08 Å². The third-order valence-corrected chi connectivity index (χ3v) is 3.12. The molecule has 2 heteroatoms. The van der Waals surface area contributed by atoms with E-state index >= 15 is 0 Å². The Kier molecular flexibility index (Phi) is 7.56. The molecule has 2 nitrogen and oxygen atoms in total. The highest BCUT2D eigenvalue weighted by Gasteiger charge is 2.19. The van der Waals surface area contributed by atoms with Gasteiger partial charge in [0.2, 0.25) is 0 Å². The Morgan fingerprint density at radius 3 is 2.50 bits per heavy atom. The molecular weight excluding hydrogens is 246 g/mol. The van der Waals surface area contributed by atoms with E-state index in [2.05, 4.69) is 63.0 Å². The zero-order chi connectivity index (χ0) is 14.8. The lowest BCUT2D eigenvalue weighted by Crippen LogP contribution is -2.28. The maximum atomic E-state index is 5.56. The molecule has 112 valence electrons. The fourth-order valence-corrected chi connectivity index (χ4v) is 2.18. The van der Waals surface area contributed by atoms with E-state index in [0.29, 0.717) is 11.5 Å². The zero-order valence-corrected chi connectivity index (χ0v) is 13.2. The average Bonchev–Trinajstić information content (AvgIpc) is 2.41. The van der Waals surface area contributed by atoms with Crippen molar-refractivity contribution in [1.29, 1.82) is 0 Å². The maximum Gasteiger partial charge on any atom is 0.0591 e. The van der Waals surface area contributed by atoms with Crippen LogP contribution in [0.2, 0.25) is 0 Å². The Morgan fingerprint density at radius 2 is 1.90 bits per heavy atom. The van der Waals surface area contributed by atoms with Gasteiger partial charge in [-0.25, -0.2) is 0 Å². The van der Waals surface area contributed by atoms with Gasteiger partial charge in [-0.15, -0.1) is 6.58 Å². The molecular formula is C18H29NO. The summed E-state index contributed by atoms with van der Waals surface area (Å²) in [5, 5.41) is 3.62. The van der Waals surface area contributed by atoms with Gasteiger partial charge in [0.1, 0.15) is 0 Å². The van der Waals surface area contributed by atoms with Crippen LogP contribution in [0.25, 0.3) is 0 Å². The molecule has 0 amide bonds. The van der Waals surface area contributed by atoms with Crippen molar-refractivity contribution in [2.45, 2.75) is 39.7 Å². The predicted octanol–water partition coefficient (Wildman–Crippen LogP) is 4.35. The van der Waals surface area contributed by atoms with Crippen LogP contribution >= 0.6 is 0 Å². The number of ether oxygens (including phenoxy) is 1. The molecule has 0 aliphatic heterocycles. The summed E-state index contributed by atoms with van der Waals surface area (Å²) in [5.41, 5.74) is 1.66. The van der Waals surface area contributed by atoms with Crippen molar-refractivity contribution in [2.24, 2.45) is 5.41 Å². The Balaban J connectivity index is 2.45. The molecule has 1 rings (SSSR count). The maximum absolute atomic E-state index is 5.56. The minimum atomic E-state index is 0.303. The van der Waals surface area contributed by atoms with Crippen molar-refractivity contribution in [2.75, 3.05) is 19.8 Å². The molecule has 0 radical (unpaired) electrons. The second-order valence-corrected chi connectivity index (χ2v) is 6.37. The van der Waals surface area contributed by atoms with Gasteiger partial charge in [0.25, 0.3) is 0 Å². The largest absolute Gasteiger partial charge is 0.380 e. The highest BCUT2D eigenvalue weighted by molar-refractivity contribution is 5.19. The van der Waals surface area contributed by atoms with Crippen molar-refractivity contribution in [3.8, 4) is 0 Å². The number of benzene rings is 1. The molecule has 1 atom stereocenters. The van der Waals surface area contributed by atoms with Gasteiger partial charge in [0, 0.05) is 12.6 Å². The highest BCUT2D eigenvalue weighted by atomic mass is 16.5. The summed E-state index contributed by atoms with van der Waals surface area (Å²) in [6, 6.07) is 11.1.